The molecule has 4 rings (SSSR count). The molecule has 1 aliphatic carbocycles. The van der Waals surface area contributed by atoms with Crippen molar-refractivity contribution in [1.29, 1.82) is 0 Å². The van der Waals surface area contributed by atoms with Crippen LogP contribution in [-0.2, 0) is 10.0 Å². The second-order valence-corrected chi connectivity index (χ2v) is 10.1. The lowest BCUT2D eigenvalue weighted by atomic mass is 9.89. The topological polar surface area (TPSA) is 119 Å². The minimum Gasteiger partial charge on any atom is -0.425 e. The number of hydrogen-bond acceptors (Lipinski definition) is 7. The predicted molar refractivity (Wildman–Crippen MR) is 109 cm³/mol. The van der Waals surface area contributed by atoms with Crippen LogP contribution >= 0.6 is 0 Å². The molecule has 30 heavy (non-hydrogen) atoms. The van der Waals surface area contributed by atoms with Gasteiger partial charge in [0.15, 0.2) is 0 Å². The molecule has 162 valence electrons. The van der Waals surface area contributed by atoms with Crippen molar-refractivity contribution in [2.75, 3.05) is 13.1 Å². The molecule has 9 nitrogen and oxygen atoms in total. The van der Waals surface area contributed by atoms with Crippen LogP contribution < -0.4 is 0 Å². The Kier molecular flexibility index (Phi) is 5.88. The van der Waals surface area contributed by atoms with E-state index >= 15 is 0 Å². The largest absolute Gasteiger partial charge is 0.425 e. The summed E-state index contributed by atoms with van der Waals surface area (Å²) in [5.41, 5.74) is 0.252. The fourth-order valence-electron chi connectivity index (χ4n) is 4.41. The Hall–Kier alpha value is -2.33. The molecule has 0 N–H and O–H groups in total. The van der Waals surface area contributed by atoms with Crippen LogP contribution in [0.5, 0.6) is 0 Å². The van der Waals surface area contributed by atoms with Crippen LogP contribution in [-0.4, -0.2) is 40.9 Å². The maximum Gasteiger partial charge on any atom is 0.270 e. The standard InChI is InChI=1S/C20H26N4O5S/c1-14-9-10-17(24(25)26)12-18(14)30(27,28)23-11-5-8-16(13-23)20-22-21-19(29-20)15-6-3-2-4-7-15/h9-10,12,15-16H,2-8,11,13H2,1H3. The summed E-state index contributed by atoms with van der Waals surface area (Å²) in [7, 11) is -3.86. The number of sulfonamides is 1. The molecule has 1 atom stereocenters. The lowest BCUT2D eigenvalue weighted by Gasteiger charge is -2.30. The van der Waals surface area contributed by atoms with E-state index in [1.54, 1.807) is 6.92 Å². The zero-order valence-corrected chi connectivity index (χ0v) is 17.8. The second kappa shape index (κ2) is 8.43. The minimum atomic E-state index is -3.86. The highest BCUT2D eigenvalue weighted by atomic mass is 32.2. The van der Waals surface area contributed by atoms with Crippen LogP contribution in [0.1, 0.15) is 74.1 Å². The van der Waals surface area contributed by atoms with Gasteiger partial charge in [0, 0.05) is 31.1 Å². The van der Waals surface area contributed by atoms with Crippen LogP contribution in [0.4, 0.5) is 5.69 Å². The molecule has 1 aromatic carbocycles. The zero-order valence-electron chi connectivity index (χ0n) is 17.0. The zero-order chi connectivity index (χ0) is 21.3. The van der Waals surface area contributed by atoms with Gasteiger partial charge in [-0.15, -0.1) is 10.2 Å². The summed E-state index contributed by atoms with van der Waals surface area (Å²) < 4.78 is 33.9. The average molecular weight is 435 g/mol. The van der Waals surface area contributed by atoms with Gasteiger partial charge in [0.05, 0.1) is 15.7 Å². The Bertz CT molecular complexity index is 1030. The van der Waals surface area contributed by atoms with E-state index in [1.807, 2.05) is 0 Å². The summed E-state index contributed by atoms with van der Waals surface area (Å²) >= 11 is 0. The van der Waals surface area contributed by atoms with Crippen LogP contribution in [0.3, 0.4) is 0 Å². The lowest BCUT2D eigenvalue weighted by molar-refractivity contribution is -0.385. The van der Waals surface area contributed by atoms with Crippen molar-refractivity contribution in [2.24, 2.45) is 0 Å². The second-order valence-electron chi connectivity index (χ2n) is 8.22. The maximum atomic E-state index is 13.2. The van der Waals surface area contributed by atoms with Gasteiger partial charge in [-0.1, -0.05) is 25.3 Å². The van der Waals surface area contributed by atoms with Gasteiger partial charge >= 0.3 is 0 Å². The molecule has 2 fully saturated rings. The third-order valence-electron chi connectivity index (χ3n) is 6.14. The van der Waals surface area contributed by atoms with E-state index in [2.05, 4.69) is 10.2 Å². The molecule has 10 heteroatoms. The lowest BCUT2D eigenvalue weighted by Crippen LogP contribution is -2.39. The minimum absolute atomic E-state index is 0.0224. The summed E-state index contributed by atoms with van der Waals surface area (Å²) in [6, 6.07) is 3.93. The number of nitrogens with zero attached hydrogens (tertiary/aromatic N) is 4. The quantitative estimate of drug-likeness (QED) is 0.517. The number of benzene rings is 1. The van der Waals surface area contributed by atoms with Gasteiger partial charge in [0.2, 0.25) is 21.8 Å². The third kappa shape index (κ3) is 4.11. The molecule has 0 bridgehead atoms. The first kappa shape index (κ1) is 20.9. The summed E-state index contributed by atoms with van der Waals surface area (Å²) in [5, 5.41) is 19.6. The van der Waals surface area contributed by atoms with Gasteiger partial charge in [-0.25, -0.2) is 8.42 Å². The molecule has 0 spiro atoms. The Morgan fingerprint density at radius 3 is 2.43 bits per heavy atom. The fourth-order valence-corrected chi connectivity index (χ4v) is 6.18. The summed E-state index contributed by atoms with van der Waals surface area (Å²) in [6.45, 7) is 2.24. The van der Waals surface area contributed by atoms with Gasteiger partial charge in [0.1, 0.15) is 0 Å². The monoisotopic (exact) mass is 434 g/mol. The van der Waals surface area contributed by atoms with E-state index in [0.29, 0.717) is 36.2 Å². The smallest absolute Gasteiger partial charge is 0.270 e. The maximum absolute atomic E-state index is 13.2. The van der Waals surface area contributed by atoms with Crippen molar-refractivity contribution < 1.29 is 17.8 Å². The highest BCUT2D eigenvalue weighted by molar-refractivity contribution is 7.89. The van der Waals surface area contributed by atoms with E-state index in [0.717, 1.165) is 25.3 Å². The molecule has 2 heterocycles. The van der Waals surface area contributed by atoms with Crippen molar-refractivity contribution >= 4 is 15.7 Å². The van der Waals surface area contributed by atoms with Crippen molar-refractivity contribution in [1.82, 2.24) is 14.5 Å². The van der Waals surface area contributed by atoms with Crippen molar-refractivity contribution in [3.8, 4) is 0 Å². The number of nitro benzene ring substituents is 1. The molecule has 1 aromatic heterocycles. The van der Waals surface area contributed by atoms with Crippen molar-refractivity contribution in [3.05, 3.63) is 45.7 Å². The number of rotatable bonds is 5. The SMILES string of the molecule is Cc1ccc([N+](=O)[O-])cc1S(=O)(=O)N1CCCC(c2nnc(C3CCCCC3)o2)C1. The van der Waals surface area contributed by atoms with Crippen LogP contribution in [0.25, 0.3) is 0 Å². The summed E-state index contributed by atoms with van der Waals surface area (Å²) in [5.74, 6) is 1.29. The van der Waals surface area contributed by atoms with E-state index < -0.39 is 14.9 Å². The Morgan fingerprint density at radius 2 is 1.73 bits per heavy atom. The number of aryl methyl sites for hydroxylation is 1. The molecular weight excluding hydrogens is 408 g/mol. The molecule has 0 amide bonds. The molecule has 1 unspecified atom stereocenters. The van der Waals surface area contributed by atoms with E-state index in [9.17, 15) is 18.5 Å². The fraction of sp³-hybridized carbons (Fsp3) is 0.600. The van der Waals surface area contributed by atoms with Crippen LogP contribution in [0, 0.1) is 17.0 Å². The van der Waals surface area contributed by atoms with Gasteiger partial charge < -0.3 is 4.42 Å². The van der Waals surface area contributed by atoms with Gasteiger partial charge in [0.25, 0.3) is 5.69 Å². The van der Waals surface area contributed by atoms with Crippen LogP contribution in [0.2, 0.25) is 0 Å². The highest BCUT2D eigenvalue weighted by Crippen LogP contribution is 2.35. The molecule has 1 saturated heterocycles. The summed E-state index contributed by atoms with van der Waals surface area (Å²) in [6.07, 6.45) is 7.12. The Labute approximate surface area is 175 Å². The molecule has 0 radical (unpaired) electrons. The Balaban J connectivity index is 1.55. The van der Waals surface area contributed by atoms with Gasteiger partial charge in [-0.3, -0.25) is 10.1 Å². The van der Waals surface area contributed by atoms with Crippen molar-refractivity contribution in [2.45, 2.75) is 68.6 Å². The third-order valence-corrected chi connectivity index (χ3v) is 8.15. The first-order valence-electron chi connectivity index (χ1n) is 10.4. The Morgan fingerprint density at radius 1 is 1.07 bits per heavy atom. The first-order valence-corrected chi connectivity index (χ1v) is 11.9. The average Bonchev–Trinajstić information content (AvgIpc) is 3.25. The molecule has 1 aliphatic heterocycles. The van der Waals surface area contributed by atoms with E-state index in [-0.39, 0.29) is 23.0 Å². The number of hydrogen-bond donors (Lipinski definition) is 0. The van der Waals surface area contributed by atoms with Crippen LogP contribution in [0.15, 0.2) is 27.5 Å². The number of piperidine rings is 1. The van der Waals surface area contributed by atoms with Crippen molar-refractivity contribution in [3.63, 3.8) is 0 Å². The molecule has 2 aromatic rings. The first-order chi connectivity index (χ1) is 14.4. The van der Waals surface area contributed by atoms with Gasteiger partial charge in [-0.05, 0) is 38.2 Å². The normalized spacial score (nSPS) is 21.6. The predicted octanol–water partition coefficient (Wildman–Crippen LogP) is 3.90. The molecular formula is C20H26N4O5S. The molecule has 2 aliphatic rings. The highest BCUT2D eigenvalue weighted by Gasteiger charge is 2.35. The number of aromatic nitrogens is 2. The van der Waals surface area contributed by atoms with E-state index in [1.165, 1.54) is 35.7 Å². The molecule has 1 saturated carbocycles. The number of non-ortho nitro benzene ring substituents is 1. The number of nitro groups is 1. The van der Waals surface area contributed by atoms with Gasteiger partial charge in [-0.2, -0.15) is 4.31 Å². The van der Waals surface area contributed by atoms with E-state index in [4.69, 9.17) is 4.42 Å². The summed E-state index contributed by atoms with van der Waals surface area (Å²) in [4.78, 5) is 10.5.